The Bertz CT molecular complexity index is 4550. The number of carbonyl (C=O) groups excluding carboxylic acids is 6. The minimum absolute atomic E-state index is 0.266. The minimum atomic E-state index is -0.524. The maximum Gasteiger partial charge on any atom is 0.349 e. The average Bonchev–Trinajstić information content (AvgIpc) is 4.09. The summed E-state index contributed by atoms with van der Waals surface area (Å²) >= 11 is 23.3. The third-order valence-electron chi connectivity index (χ3n) is 13.2. The first-order valence-electron chi connectivity index (χ1n) is 25.3. The number of imidazole rings is 3. The molecule has 0 unspecified atom stereocenters. The van der Waals surface area contributed by atoms with Gasteiger partial charge in [0.25, 0.3) is 0 Å². The molecule has 0 aliphatic rings. The number of benzene rings is 6. The van der Waals surface area contributed by atoms with Crippen molar-refractivity contribution in [3.63, 3.8) is 0 Å². The molecular formula is C59H46Cl3N9O9S3. The van der Waals surface area contributed by atoms with Gasteiger partial charge in [0.15, 0.2) is 0 Å². The number of H-pyrrole nitrogens is 1. The zero-order valence-corrected chi connectivity index (χ0v) is 49.2. The molecule has 0 radical (unpaired) electrons. The van der Waals surface area contributed by atoms with Crippen LogP contribution < -0.4 is 17.2 Å². The quantitative estimate of drug-likeness (QED) is 0.0657. The maximum absolute atomic E-state index is 12.6. The van der Waals surface area contributed by atoms with Crippen molar-refractivity contribution in [2.45, 2.75) is 20.8 Å². The number of thiophene rings is 3. The van der Waals surface area contributed by atoms with Crippen LogP contribution in [0.4, 0.5) is 0 Å². The second-order valence-corrected chi connectivity index (χ2v) is 22.6. The van der Waals surface area contributed by atoms with Crippen molar-refractivity contribution in [2.75, 3.05) is 19.8 Å². The molecule has 6 heterocycles. The summed E-state index contributed by atoms with van der Waals surface area (Å²) in [6, 6.07) is 31.6. The Hall–Kier alpha value is -8.70. The first-order chi connectivity index (χ1) is 39.8. The minimum Gasteiger partial charge on any atom is -0.462 e. The van der Waals surface area contributed by atoms with E-state index < -0.39 is 35.6 Å². The van der Waals surface area contributed by atoms with Gasteiger partial charge in [-0.2, -0.15) is 0 Å². The summed E-state index contributed by atoms with van der Waals surface area (Å²) in [6.45, 7) is 6.08. The smallest absolute Gasteiger partial charge is 0.349 e. The fraction of sp³-hybridized carbons (Fsp3) is 0.136. The van der Waals surface area contributed by atoms with Gasteiger partial charge in [-0.3, -0.25) is 14.4 Å². The molecule has 0 aliphatic heterocycles. The third-order valence-corrected chi connectivity index (χ3v) is 17.5. The van der Waals surface area contributed by atoms with Gasteiger partial charge in [0.2, 0.25) is 17.7 Å². The monoisotopic (exact) mass is 1230 g/mol. The van der Waals surface area contributed by atoms with Crippen LogP contribution in [-0.2, 0) is 28.3 Å². The van der Waals surface area contributed by atoms with Crippen LogP contribution in [-0.4, -0.2) is 84.5 Å². The van der Waals surface area contributed by atoms with Crippen LogP contribution >= 0.6 is 68.8 Å². The Balaban J connectivity index is 0.000000139. The number of fused-ring (bicyclic) bond motifs is 6. The molecular weight excluding hydrogens is 1180 g/mol. The summed E-state index contributed by atoms with van der Waals surface area (Å²) in [5.41, 5.74) is 23.2. The number of rotatable bonds is 12. The zero-order valence-electron chi connectivity index (χ0n) is 44.5. The molecule has 12 aromatic rings. The molecule has 18 nitrogen and oxygen atoms in total. The van der Waals surface area contributed by atoms with E-state index in [4.69, 9.17) is 71.2 Å². The first kappa shape index (κ1) is 57.5. The Kier molecular flexibility index (Phi) is 16.4. The van der Waals surface area contributed by atoms with Gasteiger partial charge >= 0.3 is 17.9 Å². The van der Waals surface area contributed by atoms with Crippen LogP contribution in [0.3, 0.4) is 0 Å². The average molecular weight is 1230 g/mol. The fourth-order valence-electron chi connectivity index (χ4n) is 9.42. The molecule has 6 aromatic heterocycles. The molecule has 24 heteroatoms. The summed E-state index contributed by atoms with van der Waals surface area (Å²) < 4.78 is 22.0. The summed E-state index contributed by atoms with van der Waals surface area (Å²) in [5, 5.41) is 3.83. The van der Waals surface area contributed by atoms with Crippen molar-refractivity contribution in [2.24, 2.45) is 31.3 Å². The van der Waals surface area contributed by atoms with E-state index in [0.717, 1.165) is 41.3 Å². The number of halogens is 3. The lowest BCUT2D eigenvalue weighted by Crippen LogP contribution is -2.10. The predicted octanol–water partition coefficient (Wildman–Crippen LogP) is 13.1. The van der Waals surface area contributed by atoms with Gasteiger partial charge in [-0.1, -0.05) is 53.0 Å². The number of hydrogen-bond donors (Lipinski definition) is 4. The normalized spacial score (nSPS) is 11.2. The number of esters is 3. The lowest BCUT2D eigenvalue weighted by molar-refractivity contribution is 0.0523. The number of nitrogens with one attached hydrogen (secondary N) is 1. The van der Waals surface area contributed by atoms with Gasteiger partial charge in [-0.05, 0) is 112 Å². The molecule has 420 valence electrons. The molecule has 12 rings (SSSR count). The highest BCUT2D eigenvalue weighted by Crippen LogP contribution is 2.46. The third kappa shape index (κ3) is 10.9. The molecule has 0 bridgehead atoms. The van der Waals surface area contributed by atoms with Gasteiger partial charge in [0, 0.05) is 61.0 Å². The van der Waals surface area contributed by atoms with Crippen LogP contribution in [0.2, 0.25) is 15.1 Å². The van der Waals surface area contributed by atoms with E-state index in [-0.39, 0.29) is 19.8 Å². The van der Waals surface area contributed by atoms with Crippen LogP contribution in [0, 0.1) is 0 Å². The summed E-state index contributed by atoms with van der Waals surface area (Å²) in [4.78, 5) is 90.7. The molecule has 6 aromatic carbocycles. The highest BCUT2D eigenvalue weighted by Gasteiger charge is 2.29. The topological polar surface area (TPSA) is 272 Å². The van der Waals surface area contributed by atoms with Crippen LogP contribution in [0.25, 0.3) is 97.5 Å². The molecule has 0 saturated heterocycles. The number of aromatic nitrogens is 6. The predicted molar refractivity (Wildman–Crippen MR) is 328 cm³/mol. The SMILES string of the molecule is CCOC(=O)c1sc2cccc(Cl)c2c1-c1nc2cc(C(N)=O)ccc2n1C.CCOC(=O)c1sc2cccc(Cl)c2c1-c1nc2ccc(C(N)=O)cc2[nH]1.CCOC(=O)c1sc2cccc(Cl)c2c1-c1nc2ccc(C(N)=O)cc2n1C. The standard InChI is InChI=1S/2C20H16ClN3O3S.C19H14ClN3O3S/c1-3-27-20(26)17-16(15-11(21)5-4-6-14(15)28-17)19-23-12-9-10(18(22)25)7-8-13(12)24(19)2;1-3-27-20(26)17-16(15-11(21)5-4-6-14(15)28-17)19-23-12-8-7-10(18(22)25)9-13(12)24(19)2;1-2-26-19(25)16-15(14-10(20)4-3-5-13(14)27-16)18-22-11-7-6-9(17(21)24)8-12(11)23-18/h2*4-9H,3H2,1-2H3,(H2,22,25);3-8H,2H2,1H3,(H2,21,24)(H,22,23). The second kappa shape index (κ2) is 23.6. The van der Waals surface area contributed by atoms with Crippen molar-refractivity contribution in [1.82, 2.24) is 29.1 Å². The Labute approximate surface area is 498 Å². The number of hydrogen-bond acceptors (Lipinski definition) is 15. The number of nitrogens with two attached hydrogens (primary N) is 3. The Morgan fingerprint density at radius 1 is 0.482 bits per heavy atom. The molecule has 0 spiro atoms. The Morgan fingerprint density at radius 3 is 1.35 bits per heavy atom. The molecule has 0 atom stereocenters. The first-order valence-corrected chi connectivity index (χ1v) is 28.9. The van der Waals surface area contributed by atoms with Crippen molar-refractivity contribution >= 4 is 168 Å². The van der Waals surface area contributed by atoms with Crippen LogP contribution in [0.15, 0.2) is 109 Å². The lowest BCUT2D eigenvalue weighted by atomic mass is 10.1. The Morgan fingerprint density at radius 2 is 0.880 bits per heavy atom. The van der Waals surface area contributed by atoms with Gasteiger partial charge in [0.1, 0.15) is 32.1 Å². The van der Waals surface area contributed by atoms with Gasteiger partial charge < -0.3 is 45.5 Å². The number of amides is 3. The van der Waals surface area contributed by atoms with E-state index in [2.05, 4.69) is 15.0 Å². The largest absolute Gasteiger partial charge is 0.462 e. The number of primary amides is 3. The molecule has 0 saturated carbocycles. The number of aromatic amines is 1. The van der Waals surface area contributed by atoms with E-state index >= 15 is 0 Å². The number of nitrogens with zero attached hydrogens (tertiary/aromatic N) is 5. The van der Waals surface area contributed by atoms with Crippen molar-refractivity contribution in [3.8, 4) is 34.2 Å². The van der Waals surface area contributed by atoms with Gasteiger partial charge in [0.05, 0.1) is 84.7 Å². The summed E-state index contributed by atoms with van der Waals surface area (Å²) in [7, 11) is 3.68. The van der Waals surface area contributed by atoms with E-state index in [0.29, 0.717) is 103 Å². The van der Waals surface area contributed by atoms with Crippen LogP contribution in [0.5, 0.6) is 0 Å². The van der Waals surface area contributed by atoms with E-state index in [1.165, 1.54) is 34.0 Å². The molecule has 83 heavy (non-hydrogen) atoms. The van der Waals surface area contributed by atoms with Crippen molar-refractivity contribution < 1.29 is 43.0 Å². The summed E-state index contributed by atoms with van der Waals surface area (Å²) in [6.07, 6.45) is 0. The lowest BCUT2D eigenvalue weighted by Gasteiger charge is -2.06. The summed E-state index contributed by atoms with van der Waals surface area (Å²) in [5.74, 6) is -1.20. The molecule has 3 amide bonds. The highest BCUT2D eigenvalue weighted by atomic mass is 35.5. The van der Waals surface area contributed by atoms with E-state index in [1.807, 2.05) is 59.6 Å². The molecule has 7 N–H and O–H groups in total. The maximum atomic E-state index is 12.6. The van der Waals surface area contributed by atoms with Crippen LogP contribution in [0.1, 0.15) is 80.9 Å². The van der Waals surface area contributed by atoms with Crippen molar-refractivity contribution in [3.05, 3.63) is 156 Å². The van der Waals surface area contributed by atoms with Crippen molar-refractivity contribution in [1.29, 1.82) is 0 Å². The highest BCUT2D eigenvalue weighted by molar-refractivity contribution is 7.22. The number of aryl methyl sites for hydroxylation is 2. The van der Waals surface area contributed by atoms with Gasteiger partial charge in [-0.25, -0.2) is 29.3 Å². The van der Waals surface area contributed by atoms with E-state index in [1.54, 1.807) is 93.6 Å². The molecule has 0 fully saturated rings. The van der Waals surface area contributed by atoms with Gasteiger partial charge in [-0.15, -0.1) is 34.0 Å². The second-order valence-electron chi connectivity index (χ2n) is 18.2. The number of ether oxygens (including phenoxy) is 3. The zero-order chi connectivity index (χ0) is 59.1. The fourth-order valence-corrected chi connectivity index (χ4v) is 13.8. The number of carbonyl (C=O) groups is 6. The van der Waals surface area contributed by atoms with E-state index in [9.17, 15) is 28.8 Å². The molecule has 0 aliphatic carbocycles.